The molecule has 1 atom stereocenters. The number of carbonyl (C=O) groups excluding carboxylic acids is 1. The molecule has 2 fully saturated rings. The number of hydrogen-bond donors (Lipinski definition) is 0. The Labute approximate surface area is 145 Å². The Morgan fingerprint density at radius 1 is 1.29 bits per heavy atom. The van der Waals surface area contributed by atoms with Crippen molar-refractivity contribution >= 4 is 29.1 Å². The van der Waals surface area contributed by atoms with Crippen molar-refractivity contribution in [2.24, 2.45) is 0 Å². The highest BCUT2D eigenvalue weighted by Crippen LogP contribution is 2.30. The zero-order chi connectivity index (χ0) is 16.5. The lowest BCUT2D eigenvalue weighted by Gasteiger charge is -2.32. The van der Waals surface area contributed by atoms with E-state index in [4.69, 9.17) is 0 Å². The first kappa shape index (κ1) is 15.3. The van der Waals surface area contributed by atoms with Gasteiger partial charge in [-0.05, 0) is 25.0 Å². The molecule has 0 N–H and O–H groups in total. The summed E-state index contributed by atoms with van der Waals surface area (Å²) in [6.07, 6.45) is 3.64. The van der Waals surface area contributed by atoms with Crippen molar-refractivity contribution in [2.75, 3.05) is 36.0 Å². The molecule has 2 aliphatic heterocycles. The molecule has 24 heavy (non-hydrogen) atoms. The van der Waals surface area contributed by atoms with Crippen molar-refractivity contribution in [3.63, 3.8) is 0 Å². The molecule has 0 spiro atoms. The third-order valence-electron chi connectivity index (χ3n) is 4.75. The van der Waals surface area contributed by atoms with Gasteiger partial charge in [0.25, 0.3) is 0 Å². The fraction of sp³-hybridized carbons (Fsp3) is 0.471. The largest absolute Gasteiger partial charge is 0.342 e. The Morgan fingerprint density at radius 3 is 2.92 bits per heavy atom. The summed E-state index contributed by atoms with van der Waals surface area (Å²) in [5.41, 5.74) is 1.26. The molecule has 2 aromatic heterocycles. The highest BCUT2D eigenvalue weighted by Gasteiger charge is 2.36. The molecule has 0 radical (unpaired) electrons. The van der Waals surface area contributed by atoms with E-state index >= 15 is 0 Å². The minimum absolute atomic E-state index is 0.189. The third kappa shape index (κ3) is 2.51. The zero-order valence-corrected chi connectivity index (χ0v) is 14.2. The Morgan fingerprint density at radius 2 is 2.12 bits per heavy atom. The van der Waals surface area contributed by atoms with E-state index in [0.29, 0.717) is 11.5 Å². The highest BCUT2D eigenvalue weighted by atomic mass is 32.2. The summed E-state index contributed by atoms with van der Waals surface area (Å²) in [6.45, 7) is 2.42. The van der Waals surface area contributed by atoms with E-state index in [1.54, 1.807) is 4.40 Å². The van der Waals surface area contributed by atoms with Gasteiger partial charge in [-0.1, -0.05) is 6.07 Å². The molecular formula is C17H19N5OS. The van der Waals surface area contributed by atoms with Gasteiger partial charge in [-0.15, -0.1) is 0 Å². The molecular weight excluding hydrogens is 322 g/mol. The second kappa shape index (κ2) is 6.36. The van der Waals surface area contributed by atoms with Gasteiger partial charge < -0.3 is 9.80 Å². The molecule has 1 unspecified atom stereocenters. The van der Waals surface area contributed by atoms with Crippen molar-refractivity contribution in [1.82, 2.24) is 14.3 Å². The number of carbonyl (C=O) groups is 1. The molecule has 0 aliphatic carbocycles. The number of aromatic nitrogens is 2. The summed E-state index contributed by atoms with van der Waals surface area (Å²) in [6, 6.07) is 7.76. The molecule has 1 amide bonds. The lowest BCUT2D eigenvalue weighted by atomic mass is 10.2. The Bertz CT molecular complexity index is 805. The van der Waals surface area contributed by atoms with Crippen LogP contribution in [0.5, 0.6) is 0 Å². The second-order valence-corrected chi connectivity index (χ2v) is 7.34. The topological polar surface area (TPSA) is 64.6 Å². The predicted octanol–water partition coefficient (Wildman–Crippen LogP) is 1.75. The monoisotopic (exact) mass is 341 g/mol. The van der Waals surface area contributed by atoms with Crippen molar-refractivity contribution < 1.29 is 4.79 Å². The maximum atomic E-state index is 13.0. The molecule has 7 heteroatoms. The van der Waals surface area contributed by atoms with E-state index in [1.165, 1.54) is 0 Å². The summed E-state index contributed by atoms with van der Waals surface area (Å²) in [4.78, 5) is 21.6. The van der Waals surface area contributed by atoms with Gasteiger partial charge >= 0.3 is 0 Å². The van der Waals surface area contributed by atoms with Crippen LogP contribution in [0.4, 0.5) is 5.82 Å². The minimum atomic E-state index is -0.190. The maximum absolute atomic E-state index is 13.0. The summed E-state index contributed by atoms with van der Waals surface area (Å²) in [5, 5.41) is 9.60. The molecule has 2 aromatic rings. The summed E-state index contributed by atoms with van der Waals surface area (Å²) in [5.74, 6) is 2.85. The lowest BCUT2D eigenvalue weighted by Crippen LogP contribution is -2.48. The van der Waals surface area contributed by atoms with Crippen LogP contribution in [0.25, 0.3) is 5.65 Å². The van der Waals surface area contributed by atoms with Crippen molar-refractivity contribution in [2.45, 2.75) is 18.9 Å². The lowest BCUT2D eigenvalue weighted by molar-refractivity contribution is -0.132. The van der Waals surface area contributed by atoms with Crippen molar-refractivity contribution in [1.29, 1.82) is 5.26 Å². The number of imidazole rings is 1. The quantitative estimate of drug-likeness (QED) is 0.833. The molecule has 6 nitrogen and oxygen atoms in total. The zero-order valence-electron chi connectivity index (χ0n) is 13.4. The number of amides is 1. The fourth-order valence-electron chi connectivity index (χ4n) is 3.56. The van der Waals surface area contributed by atoms with Gasteiger partial charge in [-0.3, -0.25) is 9.20 Å². The van der Waals surface area contributed by atoms with Crippen LogP contribution in [0.3, 0.4) is 0 Å². The van der Waals surface area contributed by atoms with E-state index in [2.05, 4.69) is 11.1 Å². The van der Waals surface area contributed by atoms with E-state index in [1.807, 2.05) is 46.0 Å². The van der Waals surface area contributed by atoms with E-state index in [-0.39, 0.29) is 11.9 Å². The number of nitriles is 1. The first-order valence-electron chi connectivity index (χ1n) is 8.30. The van der Waals surface area contributed by atoms with Gasteiger partial charge in [-0.2, -0.15) is 17.0 Å². The van der Waals surface area contributed by atoms with Gasteiger partial charge in [0, 0.05) is 37.3 Å². The molecule has 0 saturated carbocycles. The van der Waals surface area contributed by atoms with E-state index in [9.17, 15) is 10.1 Å². The van der Waals surface area contributed by atoms with Crippen LogP contribution in [0.1, 0.15) is 18.5 Å². The fourth-order valence-corrected chi connectivity index (χ4v) is 4.46. The standard InChI is InChI=1S/C17H19N5OS/c18-12-14-16(19-15-5-1-2-6-21(14)15)22-7-3-4-13(22)17(23)20-8-10-24-11-9-20/h1-2,5-6,13H,3-4,7-11H2. The second-order valence-electron chi connectivity index (χ2n) is 6.11. The average molecular weight is 341 g/mol. The number of thioether (sulfide) groups is 1. The minimum Gasteiger partial charge on any atom is -0.342 e. The van der Waals surface area contributed by atoms with Crippen LogP contribution < -0.4 is 4.90 Å². The Hall–Kier alpha value is -2.20. The summed E-state index contributed by atoms with van der Waals surface area (Å²) >= 11 is 1.90. The molecule has 0 aromatic carbocycles. The molecule has 124 valence electrons. The summed E-state index contributed by atoms with van der Waals surface area (Å²) < 4.78 is 1.80. The van der Waals surface area contributed by atoms with Gasteiger partial charge in [0.05, 0.1) is 0 Å². The molecule has 4 heterocycles. The molecule has 2 aliphatic rings. The number of rotatable bonds is 2. The molecule has 2 saturated heterocycles. The molecule has 4 rings (SSSR count). The normalized spacial score (nSPS) is 21.2. The first-order valence-corrected chi connectivity index (χ1v) is 9.45. The smallest absolute Gasteiger partial charge is 0.245 e. The SMILES string of the molecule is N#Cc1c(N2CCCC2C(=O)N2CCSCC2)nc2ccccn12. The highest BCUT2D eigenvalue weighted by molar-refractivity contribution is 7.99. The van der Waals surface area contributed by atoms with Crippen LogP contribution in [-0.4, -0.2) is 57.4 Å². The van der Waals surface area contributed by atoms with E-state index in [0.717, 1.165) is 49.6 Å². The Balaban J connectivity index is 1.68. The number of fused-ring (bicyclic) bond motifs is 1. The Kier molecular flexibility index (Phi) is 4.07. The van der Waals surface area contributed by atoms with Gasteiger partial charge in [0.1, 0.15) is 17.8 Å². The summed E-state index contributed by atoms with van der Waals surface area (Å²) in [7, 11) is 0. The van der Waals surface area contributed by atoms with Crippen LogP contribution in [0.15, 0.2) is 24.4 Å². The number of pyridine rings is 1. The molecule has 0 bridgehead atoms. The number of nitrogens with zero attached hydrogens (tertiary/aromatic N) is 5. The van der Waals surface area contributed by atoms with E-state index < -0.39 is 0 Å². The number of hydrogen-bond acceptors (Lipinski definition) is 5. The van der Waals surface area contributed by atoms with Gasteiger partial charge in [0.15, 0.2) is 11.5 Å². The van der Waals surface area contributed by atoms with Crippen LogP contribution in [-0.2, 0) is 4.79 Å². The maximum Gasteiger partial charge on any atom is 0.245 e. The van der Waals surface area contributed by atoms with Crippen LogP contribution >= 0.6 is 11.8 Å². The van der Waals surface area contributed by atoms with Gasteiger partial charge in [0.2, 0.25) is 5.91 Å². The van der Waals surface area contributed by atoms with Crippen molar-refractivity contribution in [3.8, 4) is 6.07 Å². The van der Waals surface area contributed by atoms with Crippen LogP contribution in [0, 0.1) is 11.3 Å². The van der Waals surface area contributed by atoms with Crippen molar-refractivity contribution in [3.05, 3.63) is 30.1 Å². The van der Waals surface area contributed by atoms with Crippen LogP contribution in [0.2, 0.25) is 0 Å². The van der Waals surface area contributed by atoms with Gasteiger partial charge in [-0.25, -0.2) is 4.98 Å². The predicted molar refractivity (Wildman–Crippen MR) is 94.2 cm³/mol. The average Bonchev–Trinajstić information content (AvgIpc) is 3.25. The third-order valence-corrected chi connectivity index (χ3v) is 5.69. The number of anilines is 1. The first-order chi connectivity index (χ1) is 11.8.